The third-order valence-corrected chi connectivity index (χ3v) is 3.37. The highest BCUT2D eigenvalue weighted by Crippen LogP contribution is 2.34. The Morgan fingerprint density at radius 1 is 1.37 bits per heavy atom. The van der Waals surface area contributed by atoms with Crippen LogP contribution < -0.4 is 10.5 Å². The van der Waals surface area contributed by atoms with E-state index < -0.39 is 0 Å². The predicted octanol–water partition coefficient (Wildman–Crippen LogP) is 3.20. The molecule has 1 aliphatic heterocycles. The summed E-state index contributed by atoms with van der Waals surface area (Å²) in [6, 6.07) is 5.63. The number of hydrogen-bond donors (Lipinski definition) is 1. The zero-order valence-electron chi connectivity index (χ0n) is 12.0. The third-order valence-electron chi connectivity index (χ3n) is 3.37. The van der Waals surface area contributed by atoms with Crippen molar-refractivity contribution in [2.75, 3.05) is 18.8 Å². The molecule has 0 fully saturated rings. The van der Waals surface area contributed by atoms with Gasteiger partial charge in [-0.05, 0) is 32.4 Å². The number of nitrogens with zero attached hydrogens (tertiary/aromatic N) is 2. The van der Waals surface area contributed by atoms with Gasteiger partial charge in [0, 0.05) is 24.8 Å². The number of unbranched alkanes of at least 4 members (excludes halogenated alkanes) is 1. The molecule has 0 amide bonds. The highest BCUT2D eigenvalue weighted by molar-refractivity contribution is 5.91. The second kappa shape index (κ2) is 5.95. The van der Waals surface area contributed by atoms with E-state index in [1.54, 1.807) is 0 Å². The first kappa shape index (κ1) is 13.7. The molecule has 1 heterocycles. The molecule has 1 aromatic rings. The fourth-order valence-corrected chi connectivity index (χ4v) is 2.29. The highest BCUT2D eigenvalue weighted by Gasteiger charge is 2.24. The number of anilines is 1. The fraction of sp³-hybridized carbons (Fsp3) is 0.533. The van der Waals surface area contributed by atoms with Crippen LogP contribution in [-0.4, -0.2) is 29.9 Å². The summed E-state index contributed by atoms with van der Waals surface area (Å²) in [5.74, 6) is 1.80. The van der Waals surface area contributed by atoms with Crippen molar-refractivity contribution < 1.29 is 4.74 Å². The number of benzene rings is 1. The molecule has 0 saturated heterocycles. The van der Waals surface area contributed by atoms with Crippen molar-refractivity contribution in [2.45, 2.75) is 39.7 Å². The van der Waals surface area contributed by atoms with Gasteiger partial charge in [0.25, 0.3) is 0 Å². The van der Waals surface area contributed by atoms with Gasteiger partial charge in [-0.3, -0.25) is 0 Å². The van der Waals surface area contributed by atoms with E-state index in [-0.39, 0.29) is 6.10 Å². The molecule has 4 nitrogen and oxygen atoms in total. The molecule has 0 aromatic heterocycles. The van der Waals surface area contributed by atoms with E-state index in [1.807, 2.05) is 25.1 Å². The molecular weight excluding hydrogens is 238 g/mol. The lowest BCUT2D eigenvalue weighted by Crippen LogP contribution is -2.42. The molecule has 0 radical (unpaired) electrons. The summed E-state index contributed by atoms with van der Waals surface area (Å²) in [6.07, 6.45) is 2.34. The van der Waals surface area contributed by atoms with Crippen LogP contribution in [0, 0.1) is 0 Å². The summed E-state index contributed by atoms with van der Waals surface area (Å²) in [7, 11) is 0. The minimum absolute atomic E-state index is 0.0221. The molecule has 104 valence electrons. The zero-order valence-corrected chi connectivity index (χ0v) is 12.0. The van der Waals surface area contributed by atoms with Gasteiger partial charge in [-0.15, -0.1) is 0 Å². The Morgan fingerprint density at radius 3 is 2.84 bits per heavy atom. The van der Waals surface area contributed by atoms with E-state index in [9.17, 15) is 0 Å². The maximum Gasteiger partial charge on any atom is 0.153 e. The van der Waals surface area contributed by atoms with Crippen molar-refractivity contribution in [2.24, 2.45) is 4.99 Å². The van der Waals surface area contributed by atoms with Gasteiger partial charge in [0.15, 0.2) is 6.10 Å². The second-order valence-electron chi connectivity index (χ2n) is 4.89. The summed E-state index contributed by atoms with van der Waals surface area (Å²) in [6.45, 7) is 8.39. The molecule has 4 heteroatoms. The van der Waals surface area contributed by atoms with Crippen molar-refractivity contribution in [3.05, 3.63) is 18.2 Å². The fourth-order valence-electron chi connectivity index (χ4n) is 2.29. The number of hydrogen-bond acceptors (Lipinski definition) is 4. The number of likely N-dealkylation sites (N-methyl/N-ethyl adjacent to an activating group) is 1. The molecule has 1 aliphatic rings. The van der Waals surface area contributed by atoms with Gasteiger partial charge in [0.05, 0.1) is 0 Å². The zero-order chi connectivity index (χ0) is 13.8. The van der Waals surface area contributed by atoms with E-state index in [2.05, 4.69) is 18.7 Å². The van der Waals surface area contributed by atoms with Gasteiger partial charge in [-0.2, -0.15) is 0 Å². The van der Waals surface area contributed by atoms with Crippen LogP contribution in [0.1, 0.15) is 33.6 Å². The van der Waals surface area contributed by atoms with Crippen LogP contribution >= 0.6 is 0 Å². The van der Waals surface area contributed by atoms with Crippen LogP contribution in [0.4, 0.5) is 11.4 Å². The van der Waals surface area contributed by atoms with Gasteiger partial charge >= 0.3 is 0 Å². The normalized spacial score (nSPS) is 17.4. The van der Waals surface area contributed by atoms with Gasteiger partial charge in [-0.1, -0.05) is 13.3 Å². The maximum atomic E-state index is 5.94. The van der Waals surface area contributed by atoms with Crippen molar-refractivity contribution in [3.8, 4) is 5.75 Å². The molecule has 2 N–H and O–H groups in total. The molecule has 0 saturated carbocycles. The topological polar surface area (TPSA) is 50.8 Å². The summed E-state index contributed by atoms with van der Waals surface area (Å²) >= 11 is 0. The lowest BCUT2D eigenvalue weighted by atomic mass is 10.2. The van der Waals surface area contributed by atoms with Gasteiger partial charge in [0.2, 0.25) is 0 Å². The minimum atomic E-state index is -0.0221. The Balaban J connectivity index is 2.27. The third kappa shape index (κ3) is 3.00. The largest absolute Gasteiger partial charge is 0.480 e. The lowest BCUT2D eigenvalue weighted by Gasteiger charge is -2.32. The molecule has 19 heavy (non-hydrogen) atoms. The number of nitrogen functional groups attached to an aromatic ring is 1. The maximum absolute atomic E-state index is 5.94. The number of ether oxygens (including phenoxy) is 1. The van der Waals surface area contributed by atoms with E-state index in [0.717, 1.165) is 30.4 Å². The van der Waals surface area contributed by atoms with Crippen molar-refractivity contribution in [3.63, 3.8) is 0 Å². The van der Waals surface area contributed by atoms with Crippen LogP contribution in [-0.2, 0) is 0 Å². The SMILES string of the molecule is CCCCN(CC)C1=Nc2ccc(N)cc2OC1C. The molecular formula is C15H23N3O. The molecule has 0 spiro atoms. The average Bonchev–Trinajstić information content (AvgIpc) is 2.40. The lowest BCUT2D eigenvalue weighted by molar-refractivity contribution is 0.254. The Morgan fingerprint density at radius 2 is 2.16 bits per heavy atom. The monoisotopic (exact) mass is 261 g/mol. The first-order chi connectivity index (χ1) is 9.15. The van der Waals surface area contributed by atoms with E-state index in [1.165, 1.54) is 12.8 Å². The number of rotatable bonds is 4. The van der Waals surface area contributed by atoms with Crippen LogP contribution in [0.5, 0.6) is 5.75 Å². The Hall–Kier alpha value is -1.71. The molecule has 1 unspecified atom stereocenters. The Labute approximate surface area is 115 Å². The summed E-state index contributed by atoms with van der Waals surface area (Å²) in [5, 5.41) is 0. The van der Waals surface area contributed by atoms with Gasteiger partial charge < -0.3 is 15.4 Å². The molecule has 2 rings (SSSR count). The first-order valence-electron chi connectivity index (χ1n) is 7.05. The minimum Gasteiger partial charge on any atom is -0.480 e. The Bertz CT molecular complexity index is 470. The van der Waals surface area contributed by atoms with Gasteiger partial charge in [0.1, 0.15) is 17.3 Å². The van der Waals surface area contributed by atoms with Crippen molar-refractivity contribution in [1.29, 1.82) is 0 Å². The van der Waals surface area contributed by atoms with E-state index in [4.69, 9.17) is 15.5 Å². The highest BCUT2D eigenvalue weighted by atomic mass is 16.5. The molecule has 1 aromatic carbocycles. The van der Waals surface area contributed by atoms with Gasteiger partial charge in [-0.25, -0.2) is 4.99 Å². The second-order valence-corrected chi connectivity index (χ2v) is 4.89. The van der Waals surface area contributed by atoms with Crippen molar-refractivity contribution in [1.82, 2.24) is 4.90 Å². The molecule has 0 aliphatic carbocycles. The van der Waals surface area contributed by atoms with E-state index in [0.29, 0.717) is 5.69 Å². The number of aliphatic imine (C=N–C) groups is 1. The van der Waals surface area contributed by atoms with Crippen LogP contribution in [0.3, 0.4) is 0 Å². The standard InChI is InChI=1S/C15H23N3O/c1-4-6-9-18(5-2)15-11(3)19-14-10-12(16)7-8-13(14)17-15/h7-8,10-11H,4-6,9,16H2,1-3H3. The molecule has 1 atom stereocenters. The molecule has 0 bridgehead atoms. The number of amidine groups is 1. The summed E-state index contributed by atoms with van der Waals surface area (Å²) in [4.78, 5) is 7.05. The first-order valence-corrected chi connectivity index (χ1v) is 7.05. The predicted molar refractivity (Wildman–Crippen MR) is 80.2 cm³/mol. The van der Waals surface area contributed by atoms with E-state index >= 15 is 0 Å². The quantitative estimate of drug-likeness (QED) is 0.847. The van der Waals surface area contributed by atoms with Crippen LogP contribution in [0.15, 0.2) is 23.2 Å². The number of fused-ring (bicyclic) bond motifs is 1. The van der Waals surface area contributed by atoms with Crippen LogP contribution in [0.2, 0.25) is 0 Å². The average molecular weight is 261 g/mol. The number of nitrogens with two attached hydrogens (primary N) is 1. The van der Waals surface area contributed by atoms with Crippen molar-refractivity contribution >= 4 is 17.2 Å². The Kier molecular flexibility index (Phi) is 4.30. The summed E-state index contributed by atoms with van der Waals surface area (Å²) in [5.41, 5.74) is 7.36. The van der Waals surface area contributed by atoms with Crippen LogP contribution in [0.25, 0.3) is 0 Å². The summed E-state index contributed by atoms with van der Waals surface area (Å²) < 4.78 is 5.94. The smallest absolute Gasteiger partial charge is 0.153 e.